The highest BCUT2D eigenvalue weighted by Gasteiger charge is 2.04. The number of hydrogen-bond acceptors (Lipinski definition) is 2. The van der Waals surface area contributed by atoms with Crippen LogP contribution < -0.4 is 5.32 Å². The predicted octanol–water partition coefficient (Wildman–Crippen LogP) is -0.498. The zero-order valence-corrected chi connectivity index (χ0v) is 5.09. The topological polar surface area (TPSA) is 49.3 Å². The number of amides is 1. The largest absolute Gasteiger partial charge is 0.391 e. The number of aliphatic hydroxyl groups is 1. The molecule has 0 aromatic rings. The van der Waals surface area contributed by atoms with E-state index >= 15 is 0 Å². The Hall–Kier alpha value is -0.570. The number of rotatable bonds is 3. The molecule has 0 fully saturated rings. The normalized spacial score (nSPS) is 16.9. The van der Waals surface area contributed by atoms with Crippen molar-refractivity contribution in [3.63, 3.8) is 0 Å². The summed E-state index contributed by atoms with van der Waals surface area (Å²) < 4.78 is 0. The quantitative estimate of drug-likeness (QED) is 0.490. The molecule has 2 unspecified atom stereocenters. The van der Waals surface area contributed by atoms with Crippen LogP contribution in [0.5, 0.6) is 0 Å². The maximum absolute atomic E-state index is 9.70. The Morgan fingerprint density at radius 2 is 2.12 bits per heavy atom. The summed E-state index contributed by atoms with van der Waals surface area (Å²) in [5.74, 6) is 0. The zero-order valence-electron chi connectivity index (χ0n) is 5.09. The lowest BCUT2D eigenvalue weighted by Gasteiger charge is -2.11. The van der Waals surface area contributed by atoms with Crippen molar-refractivity contribution in [2.75, 3.05) is 0 Å². The second-order valence-electron chi connectivity index (χ2n) is 1.81. The van der Waals surface area contributed by atoms with Gasteiger partial charge in [0.1, 0.15) is 0 Å². The molecule has 8 heavy (non-hydrogen) atoms. The fraction of sp³-hybridized carbons (Fsp3) is 0.800. The zero-order chi connectivity index (χ0) is 6.57. The van der Waals surface area contributed by atoms with Gasteiger partial charge in [-0.2, -0.15) is 0 Å². The third-order valence-corrected chi connectivity index (χ3v) is 1.05. The van der Waals surface area contributed by atoms with Crippen LogP contribution in [0.15, 0.2) is 0 Å². The van der Waals surface area contributed by atoms with Gasteiger partial charge in [-0.3, -0.25) is 4.79 Å². The second kappa shape index (κ2) is 3.43. The van der Waals surface area contributed by atoms with Gasteiger partial charge in [-0.25, -0.2) is 0 Å². The van der Waals surface area contributed by atoms with Crippen molar-refractivity contribution in [1.82, 2.24) is 5.32 Å². The monoisotopic (exact) mass is 117 g/mol. The number of aliphatic hydroxyl groups excluding tert-OH is 1. The van der Waals surface area contributed by atoms with E-state index in [9.17, 15) is 4.79 Å². The summed E-state index contributed by atoms with van der Waals surface area (Å²) >= 11 is 0. The smallest absolute Gasteiger partial charge is 0.207 e. The highest BCUT2D eigenvalue weighted by atomic mass is 16.3. The SMILES string of the molecule is CC(O)C(C)NC=O. The third-order valence-electron chi connectivity index (χ3n) is 1.05. The lowest BCUT2D eigenvalue weighted by atomic mass is 10.2. The van der Waals surface area contributed by atoms with Gasteiger partial charge in [-0.1, -0.05) is 0 Å². The fourth-order valence-corrected chi connectivity index (χ4v) is 0.247. The molecule has 0 saturated carbocycles. The van der Waals surface area contributed by atoms with E-state index in [-0.39, 0.29) is 6.04 Å². The molecule has 0 heterocycles. The van der Waals surface area contributed by atoms with E-state index in [1.807, 2.05) is 0 Å². The Balaban J connectivity index is 3.30. The summed E-state index contributed by atoms with van der Waals surface area (Å²) in [6.07, 6.45) is 0.109. The summed E-state index contributed by atoms with van der Waals surface area (Å²) in [4.78, 5) is 9.70. The highest BCUT2D eigenvalue weighted by Crippen LogP contribution is 1.86. The van der Waals surface area contributed by atoms with Crippen LogP contribution in [-0.4, -0.2) is 23.7 Å². The molecule has 48 valence electrons. The van der Waals surface area contributed by atoms with Gasteiger partial charge in [-0.15, -0.1) is 0 Å². The molecule has 0 aliphatic carbocycles. The molecule has 0 aromatic heterocycles. The lowest BCUT2D eigenvalue weighted by Crippen LogP contribution is -2.34. The fourth-order valence-electron chi connectivity index (χ4n) is 0.247. The van der Waals surface area contributed by atoms with Gasteiger partial charge in [0, 0.05) is 0 Å². The molecule has 0 saturated heterocycles. The Kier molecular flexibility index (Phi) is 3.19. The number of carbonyl (C=O) groups excluding carboxylic acids is 1. The lowest BCUT2D eigenvalue weighted by molar-refractivity contribution is -0.110. The minimum absolute atomic E-state index is 0.146. The van der Waals surface area contributed by atoms with Crippen molar-refractivity contribution < 1.29 is 9.90 Å². The van der Waals surface area contributed by atoms with E-state index in [4.69, 9.17) is 5.11 Å². The van der Waals surface area contributed by atoms with Crippen LogP contribution in [-0.2, 0) is 4.79 Å². The van der Waals surface area contributed by atoms with Crippen molar-refractivity contribution in [2.24, 2.45) is 0 Å². The van der Waals surface area contributed by atoms with Crippen molar-refractivity contribution in [2.45, 2.75) is 26.0 Å². The van der Waals surface area contributed by atoms with Crippen molar-refractivity contribution in [1.29, 1.82) is 0 Å². The van der Waals surface area contributed by atoms with Crippen LogP contribution in [0.25, 0.3) is 0 Å². The molecule has 0 spiro atoms. The first kappa shape index (κ1) is 7.43. The van der Waals surface area contributed by atoms with Crippen LogP contribution in [0.4, 0.5) is 0 Å². The molecule has 0 aromatic carbocycles. The summed E-state index contributed by atoms with van der Waals surface area (Å²) in [6, 6.07) is -0.146. The molecular formula is C5H11NO2. The van der Waals surface area contributed by atoms with E-state index in [2.05, 4.69) is 5.32 Å². The van der Waals surface area contributed by atoms with Crippen LogP contribution in [0.1, 0.15) is 13.8 Å². The summed E-state index contributed by atoms with van der Waals surface area (Å²) in [5.41, 5.74) is 0. The second-order valence-corrected chi connectivity index (χ2v) is 1.81. The Morgan fingerprint density at radius 1 is 1.62 bits per heavy atom. The molecule has 2 N–H and O–H groups in total. The first-order valence-electron chi connectivity index (χ1n) is 2.56. The molecular weight excluding hydrogens is 106 g/mol. The summed E-state index contributed by atoms with van der Waals surface area (Å²) in [6.45, 7) is 3.36. The van der Waals surface area contributed by atoms with Crippen LogP contribution in [0.3, 0.4) is 0 Å². The van der Waals surface area contributed by atoms with E-state index < -0.39 is 6.10 Å². The van der Waals surface area contributed by atoms with Gasteiger partial charge < -0.3 is 10.4 Å². The third kappa shape index (κ3) is 2.58. The average Bonchev–Trinajstić information content (AvgIpc) is 1.67. The number of carbonyl (C=O) groups is 1. The molecule has 3 heteroatoms. The molecule has 3 nitrogen and oxygen atoms in total. The van der Waals surface area contributed by atoms with Gasteiger partial charge in [-0.05, 0) is 13.8 Å². The van der Waals surface area contributed by atoms with Crippen LogP contribution in [0.2, 0.25) is 0 Å². The van der Waals surface area contributed by atoms with Crippen molar-refractivity contribution in [3.05, 3.63) is 0 Å². The Bertz CT molecular complexity index is 72.8. The standard InChI is InChI=1S/C5H11NO2/c1-4(5(2)8)6-3-7/h3-5,8H,1-2H3,(H,6,7). The average molecular weight is 117 g/mol. The van der Waals surface area contributed by atoms with Crippen molar-refractivity contribution >= 4 is 6.41 Å². The molecule has 0 bridgehead atoms. The Morgan fingerprint density at radius 3 is 2.25 bits per heavy atom. The maximum Gasteiger partial charge on any atom is 0.207 e. The number of nitrogens with one attached hydrogen (secondary N) is 1. The van der Waals surface area contributed by atoms with E-state index in [1.165, 1.54) is 0 Å². The minimum atomic E-state index is -0.472. The van der Waals surface area contributed by atoms with Crippen LogP contribution >= 0.6 is 0 Å². The highest BCUT2D eigenvalue weighted by molar-refractivity contribution is 5.46. The first-order valence-corrected chi connectivity index (χ1v) is 2.56. The molecule has 0 aliphatic rings. The summed E-state index contributed by atoms with van der Waals surface area (Å²) in [5, 5.41) is 11.1. The van der Waals surface area contributed by atoms with Gasteiger partial charge >= 0.3 is 0 Å². The van der Waals surface area contributed by atoms with E-state index in [0.29, 0.717) is 6.41 Å². The summed E-state index contributed by atoms with van der Waals surface area (Å²) in [7, 11) is 0. The van der Waals surface area contributed by atoms with Crippen LogP contribution in [0, 0.1) is 0 Å². The molecule has 2 atom stereocenters. The molecule has 0 radical (unpaired) electrons. The molecule has 1 amide bonds. The van der Waals surface area contributed by atoms with Gasteiger partial charge in [0.25, 0.3) is 0 Å². The minimum Gasteiger partial charge on any atom is -0.391 e. The van der Waals surface area contributed by atoms with Gasteiger partial charge in [0.05, 0.1) is 12.1 Å². The molecule has 0 aliphatic heterocycles. The maximum atomic E-state index is 9.70. The number of hydrogen-bond donors (Lipinski definition) is 2. The Labute approximate surface area is 48.7 Å². The van der Waals surface area contributed by atoms with Crippen molar-refractivity contribution in [3.8, 4) is 0 Å². The predicted molar refractivity (Wildman–Crippen MR) is 30.3 cm³/mol. The van der Waals surface area contributed by atoms with Gasteiger partial charge in [0.15, 0.2) is 0 Å². The van der Waals surface area contributed by atoms with E-state index in [0.717, 1.165) is 0 Å². The first-order chi connectivity index (χ1) is 3.68. The van der Waals surface area contributed by atoms with E-state index in [1.54, 1.807) is 13.8 Å². The molecule has 0 rings (SSSR count). The van der Waals surface area contributed by atoms with Gasteiger partial charge in [0.2, 0.25) is 6.41 Å².